The molecule has 1 aliphatic carbocycles. The van der Waals surface area contributed by atoms with E-state index in [1.807, 2.05) is 5.38 Å². The van der Waals surface area contributed by atoms with Gasteiger partial charge in [0.25, 0.3) is 0 Å². The Labute approximate surface area is 106 Å². The van der Waals surface area contributed by atoms with Gasteiger partial charge in [-0.1, -0.05) is 23.2 Å². The van der Waals surface area contributed by atoms with Gasteiger partial charge < -0.3 is 5.73 Å². The topological polar surface area (TPSA) is 43.1 Å². The Hall–Kier alpha value is -1.03. The SMILES string of the molecule is Nc1scc2c1C(=O)c1cc(Cl)c(Cl)cc1-2. The molecular formula is C11H5Cl2NOS. The van der Waals surface area contributed by atoms with E-state index in [-0.39, 0.29) is 5.78 Å². The van der Waals surface area contributed by atoms with Gasteiger partial charge in [-0.2, -0.15) is 0 Å². The first-order valence-corrected chi connectivity index (χ1v) is 6.14. The molecule has 0 unspecified atom stereocenters. The number of nitrogens with two attached hydrogens (primary N) is 1. The summed E-state index contributed by atoms with van der Waals surface area (Å²) in [6.07, 6.45) is 0. The van der Waals surface area contributed by atoms with E-state index in [0.717, 1.165) is 11.1 Å². The van der Waals surface area contributed by atoms with Crippen molar-refractivity contribution in [2.24, 2.45) is 0 Å². The van der Waals surface area contributed by atoms with Crippen LogP contribution < -0.4 is 5.73 Å². The summed E-state index contributed by atoms with van der Waals surface area (Å²) >= 11 is 13.2. The zero-order valence-electron chi connectivity index (χ0n) is 7.88. The first-order chi connectivity index (χ1) is 7.59. The summed E-state index contributed by atoms with van der Waals surface area (Å²) in [7, 11) is 0. The number of benzene rings is 1. The van der Waals surface area contributed by atoms with Crippen LogP contribution in [0.5, 0.6) is 0 Å². The van der Waals surface area contributed by atoms with Gasteiger partial charge in [0.15, 0.2) is 5.78 Å². The molecule has 1 heterocycles. The third-order valence-corrected chi connectivity index (χ3v) is 4.18. The lowest BCUT2D eigenvalue weighted by Crippen LogP contribution is -1.97. The van der Waals surface area contributed by atoms with E-state index in [9.17, 15) is 4.79 Å². The molecule has 2 nitrogen and oxygen atoms in total. The molecule has 5 heteroatoms. The highest BCUT2D eigenvalue weighted by Gasteiger charge is 2.30. The van der Waals surface area contributed by atoms with Gasteiger partial charge in [-0.25, -0.2) is 0 Å². The average molecular weight is 270 g/mol. The Morgan fingerprint density at radius 2 is 1.69 bits per heavy atom. The van der Waals surface area contributed by atoms with Crippen LogP contribution in [0, 0.1) is 0 Å². The maximum absolute atomic E-state index is 12.1. The quantitative estimate of drug-likeness (QED) is 0.674. The van der Waals surface area contributed by atoms with Crippen molar-refractivity contribution in [2.45, 2.75) is 0 Å². The van der Waals surface area contributed by atoms with Crippen molar-refractivity contribution in [3.05, 3.63) is 38.7 Å². The fourth-order valence-electron chi connectivity index (χ4n) is 1.90. The van der Waals surface area contributed by atoms with Crippen LogP contribution in [0.1, 0.15) is 15.9 Å². The summed E-state index contributed by atoms with van der Waals surface area (Å²) in [5, 5.41) is 3.26. The molecule has 1 aromatic carbocycles. The number of nitrogen functional groups attached to an aromatic ring is 1. The van der Waals surface area contributed by atoms with Crippen molar-refractivity contribution < 1.29 is 4.79 Å². The van der Waals surface area contributed by atoms with Gasteiger partial charge in [0.2, 0.25) is 0 Å². The molecule has 0 fully saturated rings. The number of anilines is 1. The van der Waals surface area contributed by atoms with E-state index >= 15 is 0 Å². The molecule has 80 valence electrons. The molecule has 0 saturated carbocycles. The standard InChI is InChI=1S/C11H5Cl2NOS/c12-7-1-4-5(2-8(7)13)10(15)9-6(4)3-16-11(9)14/h1-3H,14H2. The number of thiophene rings is 1. The van der Waals surface area contributed by atoms with Crippen LogP contribution in [-0.2, 0) is 0 Å². The molecule has 2 aromatic rings. The van der Waals surface area contributed by atoms with E-state index < -0.39 is 0 Å². The summed E-state index contributed by atoms with van der Waals surface area (Å²) in [5.41, 5.74) is 8.62. The molecule has 3 rings (SSSR count). The molecule has 2 N–H and O–H groups in total. The molecule has 16 heavy (non-hydrogen) atoms. The van der Waals surface area contributed by atoms with Crippen LogP contribution in [0.4, 0.5) is 5.00 Å². The molecule has 1 aliphatic rings. The summed E-state index contributed by atoms with van der Waals surface area (Å²) in [6, 6.07) is 3.32. The summed E-state index contributed by atoms with van der Waals surface area (Å²) in [5.74, 6) is -0.0673. The normalized spacial score (nSPS) is 12.8. The second-order valence-corrected chi connectivity index (χ2v) is 5.26. The monoisotopic (exact) mass is 269 g/mol. The minimum Gasteiger partial charge on any atom is -0.390 e. The number of carbonyl (C=O) groups is 1. The Kier molecular flexibility index (Phi) is 2.05. The Bertz CT molecular complexity index is 633. The van der Waals surface area contributed by atoms with Crippen molar-refractivity contribution >= 4 is 45.3 Å². The maximum atomic E-state index is 12.1. The van der Waals surface area contributed by atoms with Crippen LogP contribution in [0.25, 0.3) is 11.1 Å². The number of halogens is 2. The van der Waals surface area contributed by atoms with E-state index in [4.69, 9.17) is 28.9 Å². The highest BCUT2D eigenvalue weighted by Crippen LogP contribution is 2.45. The second-order valence-electron chi connectivity index (χ2n) is 3.53. The smallest absolute Gasteiger partial charge is 0.197 e. The predicted molar refractivity (Wildman–Crippen MR) is 67.6 cm³/mol. The number of carbonyl (C=O) groups excluding carboxylic acids is 1. The van der Waals surface area contributed by atoms with Gasteiger partial charge in [-0.15, -0.1) is 11.3 Å². The van der Waals surface area contributed by atoms with Crippen molar-refractivity contribution in [3.8, 4) is 11.1 Å². The lowest BCUT2D eigenvalue weighted by molar-refractivity contribution is 0.104. The highest BCUT2D eigenvalue weighted by atomic mass is 35.5. The number of rotatable bonds is 0. The van der Waals surface area contributed by atoms with Crippen molar-refractivity contribution in [1.29, 1.82) is 0 Å². The van der Waals surface area contributed by atoms with Gasteiger partial charge in [-0.3, -0.25) is 4.79 Å². The highest BCUT2D eigenvalue weighted by molar-refractivity contribution is 7.15. The minimum atomic E-state index is -0.0673. The number of hydrogen-bond acceptors (Lipinski definition) is 3. The maximum Gasteiger partial charge on any atom is 0.197 e. The molecule has 1 aromatic heterocycles. The zero-order valence-corrected chi connectivity index (χ0v) is 10.2. The van der Waals surface area contributed by atoms with Gasteiger partial charge >= 0.3 is 0 Å². The van der Waals surface area contributed by atoms with Gasteiger partial charge in [-0.05, 0) is 17.7 Å². The number of fused-ring (bicyclic) bond motifs is 3. The van der Waals surface area contributed by atoms with Crippen LogP contribution in [0.15, 0.2) is 17.5 Å². The molecule has 0 aliphatic heterocycles. The van der Waals surface area contributed by atoms with E-state index in [2.05, 4.69) is 0 Å². The molecule has 0 amide bonds. The Morgan fingerprint density at radius 1 is 1.06 bits per heavy atom. The zero-order chi connectivity index (χ0) is 11.4. The Morgan fingerprint density at radius 3 is 2.38 bits per heavy atom. The van der Waals surface area contributed by atoms with Crippen molar-refractivity contribution in [2.75, 3.05) is 5.73 Å². The summed E-state index contributed by atoms with van der Waals surface area (Å²) < 4.78 is 0. The largest absolute Gasteiger partial charge is 0.390 e. The molecular weight excluding hydrogens is 265 g/mol. The summed E-state index contributed by atoms with van der Waals surface area (Å²) in [4.78, 5) is 12.1. The van der Waals surface area contributed by atoms with Gasteiger partial charge in [0, 0.05) is 16.5 Å². The van der Waals surface area contributed by atoms with Gasteiger partial charge in [0.1, 0.15) is 0 Å². The molecule has 0 spiro atoms. The van der Waals surface area contributed by atoms with E-state index in [1.54, 1.807) is 12.1 Å². The van der Waals surface area contributed by atoms with Crippen molar-refractivity contribution in [1.82, 2.24) is 0 Å². The van der Waals surface area contributed by atoms with Crippen LogP contribution in [0.2, 0.25) is 10.0 Å². The second kappa shape index (κ2) is 3.23. The van der Waals surface area contributed by atoms with E-state index in [1.165, 1.54) is 11.3 Å². The third kappa shape index (κ3) is 1.16. The Balaban J connectivity index is 2.38. The molecule has 0 radical (unpaired) electrons. The molecule has 0 bridgehead atoms. The fraction of sp³-hybridized carbons (Fsp3) is 0. The summed E-state index contributed by atoms with van der Waals surface area (Å²) in [6.45, 7) is 0. The van der Waals surface area contributed by atoms with Gasteiger partial charge in [0.05, 0.1) is 20.6 Å². The molecule has 0 saturated heterocycles. The van der Waals surface area contributed by atoms with Crippen molar-refractivity contribution in [3.63, 3.8) is 0 Å². The lowest BCUT2D eigenvalue weighted by atomic mass is 10.1. The predicted octanol–water partition coefficient (Wildman–Crippen LogP) is 3.85. The van der Waals surface area contributed by atoms with E-state index in [0.29, 0.717) is 26.2 Å². The number of hydrogen-bond donors (Lipinski definition) is 1. The first-order valence-electron chi connectivity index (χ1n) is 4.50. The number of ketones is 1. The van der Waals surface area contributed by atoms with Crippen LogP contribution >= 0.6 is 34.5 Å². The fourth-order valence-corrected chi connectivity index (χ4v) is 3.04. The third-order valence-electron chi connectivity index (χ3n) is 2.64. The van der Waals surface area contributed by atoms with Crippen LogP contribution in [0.3, 0.4) is 0 Å². The minimum absolute atomic E-state index is 0.0673. The molecule has 0 atom stereocenters. The van der Waals surface area contributed by atoms with Crippen LogP contribution in [-0.4, -0.2) is 5.78 Å². The lowest BCUT2D eigenvalue weighted by Gasteiger charge is -2.01. The first kappa shape index (κ1) is 10.1. The average Bonchev–Trinajstić information content (AvgIpc) is 2.73.